The molecule has 2 fully saturated rings. The molecule has 0 bridgehead atoms. The zero-order chi connectivity index (χ0) is 13.9. The van der Waals surface area contributed by atoms with Gasteiger partial charge in [0, 0.05) is 32.2 Å². The van der Waals surface area contributed by atoms with E-state index < -0.39 is 11.5 Å². The van der Waals surface area contributed by atoms with Crippen molar-refractivity contribution < 1.29 is 9.90 Å². The number of nitrogens with zero attached hydrogens (tertiary/aromatic N) is 2. The lowest BCUT2D eigenvalue weighted by atomic mass is 9.99. The number of carboxylic acids is 1. The third-order valence-electron chi connectivity index (χ3n) is 4.56. The number of nitrogens with one attached hydrogen (secondary N) is 1. The van der Waals surface area contributed by atoms with Crippen LogP contribution in [-0.2, 0) is 4.79 Å². The Kier molecular flexibility index (Phi) is 4.81. The first-order valence-electron chi connectivity index (χ1n) is 7.56. The Bertz CT molecular complexity index is 316. The summed E-state index contributed by atoms with van der Waals surface area (Å²) in [6, 6.07) is 0.658. The first kappa shape index (κ1) is 14.8. The second-order valence-electron chi connectivity index (χ2n) is 5.79. The van der Waals surface area contributed by atoms with Crippen LogP contribution < -0.4 is 5.32 Å². The summed E-state index contributed by atoms with van der Waals surface area (Å²) in [6.07, 6.45) is 3.22. The van der Waals surface area contributed by atoms with E-state index in [9.17, 15) is 9.90 Å². The van der Waals surface area contributed by atoms with Gasteiger partial charge in [-0.15, -0.1) is 0 Å². The number of carboxylic acid groups (broad SMARTS) is 1. The molecule has 1 saturated heterocycles. The number of rotatable bonds is 8. The van der Waals surface area contributed by atoms with Crippen LogP contribution in [0, 0.1) is 0 Å². The maximum atomic E-state index is 11.6. The summed E-state index contributed by atoms with van der Waals surface area (Å²) in [4.78, 5) is 16.3. The molecule has 19 heavy (non-hydrogen) atoms. The quantitative estimate of drug-likeness (QED) is 0.676. The van der Waals surface area contributed by atoms with Crippen molar-refractivity contribution in [3.8, 4) is 0 Å². The maximum absolute atomic E-state index is 11.6. The summed E-state index contributed by atoms with van der Waals surface area (Å²) < 4.78 is 0. The van der Waals surface area contributed by atoms with E-state index in [0.29, 0.717) is 12.6 Å². The van der Waals surface area contributed by atoms with Crippen molar-refractivity contribution in [3.63, 3.8) is 0 Å². The highest BCUT2D eigenvalue weighted by Gasteiger charge is 2.47. The molecule has 2 rings (SSSR count). The zero-order valence-corrected chi connectivity index (χ0v) is 12.2. The van der Waals surface area contributed by atoms with Crippen LogP contribution in [0.25, 0.3) is 0 Å². The standard InChI is InChI=1S/C14H27N3O2/c1-3-16(4-2)10-8-15-14(13(18)19)7-9-17(11-14)12-5-6-12/h12,15H,3-11H2,1-2H3,(H,18,19). The Morgan fingerprint density at radius 2 is 2.11 bits per heavy atom. The molecule has 1 heterocycles. The van der Waals surface area contributed by atoms with Gasteiger partial charge in [0.2, 0.25) is 0 Å². The van der Waals surface area contributed by atoms with Crippen molar-refractivity contribution in [1.29, 1.82) is 0 Å². The lowest BCUT2D eigenvalue weighted by Gasteiger charge is -2.28. The van der Waals surface area contributed by atoms with Crippen molar-refractivity contribution in [2.75, 3.05) is 39.3 Å². The lowest BCUT2D eigenvalue weighted by molar-refractivity contribution is -0.144. The summed E-state index contributed by atoms with van der Waals surface area (Å²) in [6.45, 7) is 9.60. The van der Waals surface area contributed by atoms with E-state index in [4.69, 9.17) is 0 Å². The highest BCUT2D eigenvalue weighted by molar-refractivity contribution is 5.79. The number of aliphatic carboxylic acids is 1. The molecule has 1 aliphatic carbocycles. The molecule has 0 radical (unpaired) electrons. The van der Waals surface area contributed by atoms with Gasteiger partial charge in [-0.1, -0.05) is 13.8 Å². The summed E-state index contributed by atoms with van der Waals surface area (Å²) >= 11 is 0. The Labute approximate surface area is 115 Å². The normalized spacial score (nSPS) is 28.2. The molecule has 110 valence electrons. The zero-order valence-electron chi connectivity index (χ0n) is 12.2. The molecule has 1 saturated carbocycles. The molecule has 0 aromatic carbocycles. The monoisotopic (exact) mass is 269 g/mol. The molecule has 0 spiro atoms. The van der Waals surface area contributed by atoms with Crippen LogP contribution in [0.2, 0.25) is 0 Å². The largest absolute Gasteiger partial charge is 0.480 e. The molecule has 5 nitrogen and oxygen atoms in total. The summed E-state index contributed by atoms with van der Waals surface area (Å²) in [5.74, 6) is -0.685. The van der Waals surface area contributed by atoms with Crippen LogP contribution in [0.4, 0.5) is 0 Å². The molecule has 1 atom stereocenters. The minimum Gasteiger partial charge on any atom is -0.480 e. The van der Waals surface area contributed by atoms with Gasteiger partial charge in [-0.25, -0.2) is 0 Å². The van der Waals surface area contributed by atoms with Gasteiger partial charge < -0.3 is 10.0 Å². The van der Waals surface area contributed by atoms with Gasteiger partial charge in [0.05, 0.1) is 0 Å². The van der Waals surface area contributed by atoms with E-state index in [1.165, 1.54) is 12.8 Å². The van der Waals surface area contributed by atoms with Gasteiger partial charge in [-0.05, 0) is 32.4 Å². The van der Waals surface area contributed by atoms with E-state index in [2.05, 4.69) is 29.0 Å². The van der Waals surface area contributed by atoms with Crippen molar-refractivity contribution in [1.82, 2.24) is 15.1 Å². The minimum atomic E-state index is -0.713. The Morgan fingerprint density at radius 1 is 1.42 bits per heavy atom. The Morgan fingerprint density at radius 3 is 2.63 bits per heavy atom. The second kappa shape index (κ2) is 6.20. The van der Waals surface area contributed by atoms with Crippen LogP contribution in [0.1, 0.15) is 33.1 Å². The third-order valence-corrected chi connectivity index (χ3v) is 4.56. The van der Waals surface area contributed by atoms with E-state index in [-0.39, 0.29) is 0 Å². The van der Waals surface area contributed by atoms with Gasteiger partial charge in [0.1, 0.15) is 5.54 Å². The topological polar surface area (TPSA) is 55.8 Å². The fourth-order valence-electron chi connectivity index (χ4n) is 2.98. The molecule has 0 aromatic rings. The fraction of sp³-hybridized carbons (Fsp3) is 0.929. The van der Waals surface area contributed by atoms with E-state index in [1.807, 2.05) is 0 Å². The van der Waals surface area contributed by atoms with Crippen molar-refractivity contribution in [2.24, 2.45) is 0 Å². The molecular formula is C14H27N3O2. The number of likely N-dealkylation sites (tertiary alicyclic amines) is 1. The Hall–Kier alpha value is -0.650. The molecule has 5 heteroatoms. The van der Waals surface area contributed by atoms with Gasteiger partial charge in [-0.2, -0.15) is 0 Å². The van der Waals surface area contributed by atoms with Crippen LogP contribution in [0.5, 0.6) is 0 Å². The first-order chi connectivity index (χ1) is 9.11. The molecular weight excluding hydrogens is 242 g/mol. The third kappa shape index (κ3) is 3.46. The average Bonchev–Trinajstić information content (AvgIpc) is 3.16. The average molecular weight is 269 g/mol. The van der Waals surface area contributed by atoms with Gasteiger partial charge in [0.25, 0.3) is 0 Å². The summed E-state index contributed by atoms with van der Waals surface area (Å²) in [5.41, 5.74) is -0.713. The summed E-state index contributed by atoms with van der Waals surface area (Å²) in [5, 5.41) is 12.9. The van der Waals surface area contributed by atoms with Crippen molar-refractivity contribution in [3.05, 3.63) is 0 Å². The highest BCUT2D eigenvalue weighted by atomic mass is 16.4. The molecule has 1 unspecified atom stereocenters. The fourth-order valence-corrected chi connectivity index (χ4v) is 2.98. The number of hydrogen-bond acceptors (Lipinski definition) is 4. The number of hydrogen-bond donors (Lipinski definition) is 2. The molecule has 0 amide bonds. The maximum Gasteiger partial charge on any atom is 0.325 e. The van der Waals surface area contributed by atoms with Crippen molar-refractivity contribution in [2.45, 2.75) is 44.7 Å². The SMILES string of the molecule is CCN(CC)CCNC1(C(=O)O)CCN(C2CC2)C1. The minimum absolute atomic E-state index is 0.658. The van der Waals surface area contributed by atoms with Crippen LogP contribution >= 0.6 is 0 Å². The van der Waals surface area contributed by atoms with Crippen molar-refractivity contribution >= 4 is 5.97 Å². The van der Waals surface area contributed by atoms with E-state index in [1.54, 1.807) is 0 Å². The van der Waals surface area contributed by atoms with E-state index in [0.717, 1.165) is 39.1 Å². The van der Waals surface area contributed by atoms with Gasteiger partial charge in [0.15, 0.2) is 0 Å². The highest BCUT2D eigenvalue weighted by Crippen LogP contribution is 2.33. The van der Waals surface area contributed by atoms with Crippen LogP contribution in [-0.4, -0.2) is 71.7 Å². The van der Waals surface area contributed by atoms with Crippen LogP contribution in [0.3, 0.4) is 0 Å². The van der Waals surface area contributed by atoms with Gasteiger partial charge in [-0.3, -0.25) is 15.0 Å². The number of carbonyl (C=O) groups is 1. The predicted octanol–water partition coefficient (Wildman–Crippen LogP) is 0.609. The van der Waals surface area contributed by atoms with E-state index >= 15 is 0 Å². The first-order valence-corrected chi connectivity index (χ1v) is 7.56. The molecule has 2 N–H and O–H groups in total. The number of likely N-dealkylation sites (N-methyl/N-ethyl adjacent to an activating group) is 1. The second-order valence-corrected chi connectivity index (χ2v) is 5.79. The lowest BCUT2D eigenvalue weighted by Crippen LogP contribution is -2.55. The Balaban J connectivity index is 1.84. The molecule has 2 aliphatic rings. The summed E-state index contributed by atoms with van der Waals surface area (Å²) in [7, 11) is 0. The van der Waals surface area contributed by atoms with Crippen LogP contribution in [0.15, 0.2) is 0 Å². The smallest absolute Gasteiger partial charge is 0.325 e. The van der Waals surface area contributed by atoms with Gasteiger partial charge >= 0.3 is 5.97 Å². The predicted molar refractivity (Wildman–Crippen MR) is 75.4 cm³/mol. The molecule has 1 aliphatic heterocycles. The molecule has 0 aromatic heterocycles.